The number of hydrogen-bond donors (Lipinski definition) is 1. The van der Waals surface area contributed by atoms with Gasteiger partial charge in [-0.15, -0.1) is 0 Å². The highest BCUT2D eigenvalue weighted by atomic mass is 32.2. The molecule has 0 unspecified atom stereocenters. The van der Waals surface area contributed by atoms with Gasteiger partial charge in [-0.2, -0.15) is 11.8 Å². The minimum atomic E-state index is 0.672. The van der Waals surface area contributed by atoms with Gasteiger partial charge in [0.2, 0.25) is 0 Å². The molecule has 0 aromatic heterocycles. The van der Waals surface area contributed by atoms with Gasteiger partial charge < -0.3 is 5.32 Å². The molecule has 0 heterocycles. The number of hydrogen-bond acceptors (Lipinski definition) is 2. The zero-order valence-corrected chi connectivity index (χ0v) is 10.6. The van der Waals surface area contributed by atoms with Crippen LogP contribution < -0.4 is 5.32 Å². The van der Waals surface area contributed by atoms with E-state index in [1.54, 1.807) is 0 Å². The molecule has 1 N–H and O–H groups in total. The fourth-order valence-corrected chi connectivity index (χ4v) is 3.05. The van der Waals surface area contributed by atoms with Crippen LogP contribution >= 0.6 is 11.8 Å². The van der Waals surface area contributed by atoms with E-state index in [1.165, 1.54) is 50.8 Å². The van der Waals surface area contributed by atoms with Gasteiger partial charge in [0.05, 0.1) is 0 Å². The van der Waals surface area contributed by atoms with E-state index in [0.717, 1.165) is 6.54 Å². The molecule has 1 saturated carbocycles. The highest BCUT2D eigenvalue weighted by molar-refractivity contribution is 7.98. The zero-order valence-electron chi connectivity index (χ0n) is 9.77. The van der Waals surface area contributed by atoms with Crippen molar-refractivity contribution in [3.8, 4) is 0 Å². The molecule has 1 nitrogen and oxygen atoms in total. The van der Waals surface area contributed by atoms with Crippen molar-refractivity contribution in [2.45, 2.75) is 45.4 Å². The van der Waals surface area contributed by atoms with Crippen molar-refractivity contribution in [1.29, 1.82) is 0 Å². The van der Waals surface area contributed by atoms with Gasteiger partial charge in [-0.05, 0) is 49.7 Å². The fraction of sp³-hybridized carbons (Fsp3) is 1.00. The Hall–Kier alpha value is 0.310. The van der Waals surface area contributed by atoms with Gasteiger partial charge in [0, 0.05) is 6.54 Å². The van der Waals surface area contributed by atoms with Crippen molar-refractivity contribution in [1.82, 2.24) is 5.32 Å². The molecule has 1 rings (SSSR count). The Morgan fingerprint density at radius 1 is 1.29 bits per heavy atom. The van der Waals surface area contributed by atoms with Gasteiger partial charge in [-0.25, -0.2) is 0 Å². The molecule has 2 heteroatoms. The Morgan fingerprint density at radius 3 is 2.57 bits per heavy atom. The summed E-state index contributed by atoms with van der Waals surface area (Å²) in [5.41, 5.74) is 0.672. The van der Waals surface area contributed by atoms with Crippen LogP contribution in [-0.2, 0) is 0 Å². The topological polar surface area (TPSA) is 12.0 Å². The molecular weight excluding hydrogens is 190 g/mol. The molecule has 0 aromatic rings. The first-order valence-corrected chi connectivity index (χ1v) is 7.42. The van der Waals surface area contributed by atoms with Crippen LogP contribution in [0.15, 0.2) is 0 Å². The Labute approximate surface area is 93.4 Å². The third-order valence-corrected chi connectivity index (χ3v) is 4.17. The molecule has 1 aliphatic rings. The average molecular weight is 215 g/mol. The van der Waals surface area contributed by atoms with Crippen molar-refractivity contribution in [3.63, 3.8) is 0 Å². The van der Waals surface area contributed by atoms with Gasteiger partial charge >= 0.3 is 0 Å². The summed E-state index contributed by atoms with van der Waals surface area (Å²) in [6, 6.07) is 0. The van der Waals surface area contributed by atoms with Crippen molar-refractivity contribution in [2.24, 2.45) is 5.41 Å². The van der Waals surface area contributed by atoms with Crippen molar-refractivity contribution in [3.05, 3.63) is 0 Å². The van der Waals surface area contributed by atoms with Crippen molar-refractivity contribution >= 4 is 11.8 Å². The predicted octanol–water partition coefficient (Wildman–Crippen LogP) is 3.30. The molecule has 14 heavy (non-hydrogen) atoms. The van der Waals surface area contributed by atoms with Crippen LogP contribution in [0.1, 0.15) is 45.4 Å². The van der Waals surface area contributed by atoms with Crippen LogP contribution in [-0.4, -0.2) is 25.1 Å². The molecule has 0 spiro atoms. The number of rotatable bonds is 7. The molecule has 0 radical (unpaired) electrons. The van der Waals surface area contributed by atoms with Gasteiger partial charge in [0.1, 0.15) is 0 Å². The van der Waals surface area contributed by atoms with Crippen LogP contribution in [0.4, 0.5) is 0 Å². The van der Waals surface area contributed by atoms with E-state index < -0.39 is 0 Å². The number of thioether (sulfide) groups is 1. The van der Waals surface area contributed by atoms with Crippen LogP contribution in [0.3, 0.4) is 0 Å². The Balaban J connectivity index is 2.28. The van der Waals surface area contributed by atoms with E-state index in [9.17, 15) is 0 Å². The van der Waals surface area contributed by atoms with Gasteiger partial charge in [0.25, 0.3) is 0 Å². The van der Waals surface area contributed by atoms with E-state index in [-0.39, 0.29) is 0 Å². The van der Waals surface area contributed by atoms with Gasteiger partial charge in [0.15, 0.2) is 0 Å². The summed E-state index contributed by atoms with van der Waals surface area (Å²) in [6.07, 6.45) is 10.9. The van der Waals surface area contributed by atoms with Gasteiger partial charge in [-0.1, -0.05) is 19.8 Å². The average Bonchev–Trinajstić information content (AvgIpc) is 2.65. The molecule has 84 valence electrons. The van der Waals surface area contributed by atoms with Crippen LogP contribution in [0.5, 0.6) is 0 Å². The summed E-state index contributed by atoms with van der Waals surface area (Å²) in [6.45, 7) is 4.60. The molecule has 0 aliphatic heterocycles. The summed E-state index contributed by atoms with van der Waals surface area (Å²) in [5, 5.41) is 3.55. The van der Waals surface area contributed by atoms with Crippen LogP contribution in [0, 0.1) is 5.41 Å². The van der Waals surface area contributed by atoms with Crippen LogP contribution in [0.2, 0.25) is 0 Å². The predicted molar refractivity (Wildman–Crippen MR) is 67.1 cm³/mol. The molecular formula is C12H25NS. The van der Waals surface area contributed by atoms with E-state index in [0.29, 0.717) is 5.41 Å². The second-order valence-electron chi connectivity index (χ2n) is 4.58. The first-order chi connectivity index (χ1) is 6.83. The molecule has 0 aromatic carbocycles. The summed E-state index contributed by atoms with van der Waals surface area (Å²) in [7, 11) is 0. The molecule has 0 saturated heterocycles. The number of nitrogens with one attached hydrogen (secondary N) is 1. The molecule has 1 fully saturated rings. The third kappa shape index (κ3) is 3.82. The van der Waals surface area contributed by atoms with Crippen molar-refractivity contribution < 1.29 is 0 Å². The van der Waals surface area contributed by atoms with Gasteiger partial charge in [-0.3, -0.25) is 0 Å². The summed E-state index contributed by atoms with van der Waals surface area (Å²) < 4.78 is 0. The lowest BCUT2D eigenvalue weighted by molar-refractivity contribution is 0.257. The lowest BCUT2D eigenvalue weighted by atomic mass is 9.81. The Morgan fingerprint density at radius 2 is 2.00 bits per heavy atom. The minimum absolute atomic E-state index is 0.672. The third-order valence-electron chi connectivity index (χ3n) is 3.47. The first-order valence-electron chi connectivity index (χ1n) is 6.03. The SMILES string of the molecule is CCNCC1(CCCSC)CCCC1. The monoisotopic (exact) mass is 215 g/mol. The molecule has 0 bridgehead atoms. The lowest BCUT2D eigenvalue weighted by Gasteiger charge is -2.29. The fourth-order valence-electron chi connectivity index (χ4n) is 2.62. The smallest absolute Gasteiger partial charge is 0.000769 e. The van der Waals surface area contributed by atoms with Crippen LogP contribution in [0.25, 0.3) is 0 Å². The standard InChI is InChI=1S/C12H25NS/c1-3-13-11-12(7-4-5-8-12)9-6-10-14-2/h13H,3-11H2,1-2H3. The lowest BCUT2D eigenvalue weighted by Crippen LogP contribution is -2.32. The molecule has 0 amide bonds. The highest BCUT2D eigenvalue weighted by Crippen LogP contribution is 2.41. The summed E-state index contributed by atoms with van der Waals surface area (Å²) >= 11 is 1.99. The second-order valence-corrected chi connectivity index (χ2v) is 5.57. The molecule has 1 aliphatic carbocycles. The largest absolute Gasteiger partial charge is 0.316 e. The molecule has 0 atom stereocenters. The first kappa shape index (κ1) is 12.4. The highest BCUT2D eigenvalue weighted by Gasteiger charge is 2.32. The van der Waals surface area contributed by atoms with E-state index in [1.807, 2.05) is 11.8 Å². The Kier molecular flexibility index (Phi) is 5.95. The minimum Gasteiger partial charge on any atom is -0.316 e. The quantitative estimate of drug-likeness (QED) is 0.654. The maximum absolute atomic E-state index is 3.55. The Bertz CT molecular complexity index is 141. The maximum atomic E-state index is 3.55. The van der Waals surface area contributed by atoms with Crippen molar-refractivity contribution in [2.75, 3.05) is 25.1 Å². The zero-order chi connectivity index (χ0) is 10.3. The van der Waals surface area contributed by atoms with E-state index in [4.69, 9.17) is 0 Å². The normalized spacial score (nSPS) is 20.1. The van der Waals surface area contributed by atoms with E-state index >= 15 is 0 Å². The van der Waals surface area contributed by atoms with E-state index in [2.05, 4.69) is 18.5 Å². The summed E-state index contributed by atoms with van der Waals surface area (Å²) in [5.74, 6) is 1.34. The maximum Gasteiger partial charge on any atom is 0.000769 e. The second kappa shape index (κ2) is 6.73. The summed E-state index contributed by atoms with van der Waals surface area (Å²) in [4.78, 5) is 0.